The van der Waals surface area contributed by atoms with E-state index in [0.29, 0.717) is 16.9 Å². The van der Waals surface area contributed by atoms with Crippen molar-refractivity contribution in [3.05, 3.63) is 52.9 Å². The lowest BCUT2D eigenvalue weighted by molar-refractivity contribution is 0.112. The molecule has 2 rings (SSSR count). The molecule has 1 aromatic heterocycles. The van der Waals surface area contributed by atoms with E-state index in [0.717, 1.165) is 5.75 Å². The van der Waals surface area contributed by atoms with Gasteiger partial charge in [-0.25, -0.2) is 9.97 Å². The molecule has 0 aliphatic heterocycles. The molecule has 0 aliphatic carbocycles. The third-order valence-corrected chi connectivity index (χ3v) is 3.51. The molecule has 86 valence electrons. The lowest BCUT2D eigenvalue weighted by atomic mass is 10.2. The first-order chi connectivity index (χ1) is 8.31. The van der Waals surface area contributed by atoms with Gasteiger partial charge in [0.15, 0.2) is 6.29 Å². The highest BCUT2D eigenvalue weighted by Gasteiger charge is 2.09. The van der Waals surface area contributed by atoms with Crippen LogP contribution in [0.2, 0.25) is 5.15 Å². The molecule has 0 atom stereocenters. The molecule has 0 amide bonds. The molecular weight excluding hydrogens is 256 g/mol. The van der Waals surface area contributed by atoms with E-state index >= 15 is 0 Å². The molecule has 0 N–H and O–H groups in total. The van der Waals surface area contributed by atoms with Crippen molar-refractivity contribution in [3.8, 4) is 0 Å². The Bertz CT molecular complexity index is 519. The molecule has 17 heavy (non-hydrogen) atoms. The predicted molar refractivity (Wildman–Crippen MR) is 68.4 cm³/mol. The number of aromatic nitrogens is 2. The third-order valence-electron chi connectivity index (χ3n) is 2.13. The minimum atomic E-state index is 0.200. The predicted octanol–water partition coefficient (Wildman–Crippen LogP) is 3.23. The van der Waals surface area contributed by atoms with Crippen LogP contribution in [-0.4, -0.2) is 16.3 Å². The third kappa shape index (κ3) is 3.05. The molecule has 5 heteroatoms. The quantitative estimate of drug-likeness (QED) is 0.483. The van der Waals surface area contributed by atoms with Crippen LogP contribution >= 0.6 is 23.4 Å². The summed E-state index contributed by atoms with van der Waals surface area (Å²) in [5, 5.41) is 0.814. The summed E-state index contributed by atoms with van der Waals surface area (Å²) in [5.41, 5.74) is 1.53. The minimum absolute atomic E-state index is 0.200. The van der Waals surface area contributed by atoms with Crippen molar-refractivity contribution in [2.75, 3.05) is 0 Å². The normalized spacial score (nSPS) is 10.2. The summed E-state index contributed by atoms with van der Waals surface area (Å²) in [4.78, 5) is 18.7. The molecule has 0 radical (unpaired) electrons. The molecule has 0 fully saturated rings. The Hall–Kier alpha value is -1.39. The Morgan fingerprint density at radius 1 is 1.24 bits per heavy atom. The lowest BCUT2D eigenvalue weighted by Gasteiger charge is -2.04. The number of halogens is 1. The summed E-state index contributed by atoms with van der Waals surface area (Å²) >= 11 is 7.29. The van der Waals surface area contributed by atoms with E-state index < -0.39 is 0 Å². The van der Waals surface area contributed by atoms with E-state index in [4.69, 9.17) is 11.6 Å². The SMILES string of the molecule is O=Cc1c(Cl)ncnc1SCc1ccccc1. The zero-order chi connectivity index (χ0) is 12.1. The first-order valence-electron chi connectivity index (χ1n) is 4.93. The number of thioether (sulfide) groups is 1. The van der Waals surface area contributed by atoms with Crippen LogP contribution in [0.3, 0.4) is 0 Å². The highest BCUT2D eigenvalue weighted by Crippen LogP contribution is 2.26. The van der Waals surface area contributed by atoms with Crippen molar-refractivity contribution >= 4 is 29.6 Å². The Balaban J connectivity index is 2.14. The van der Waals surface area contributed by atoms with Crippen LogP contribution in [0.25, 0.3) is 0 Å². The van der Waals surface area contributed by atoms with E-state index in [-0.39, 0.29) is 5.15 Å². The Morgan fingerprint density at radius 3 is 2.71 bits per heavy atom. The lowest BCUT2D eigenvalue weighted by Crippen LogP contribution is -1.94. The minimum Gasteiger partial charge on any atom is -0.298 e. The van der Waals surface area contributed by atoms with Crippen LogP contribution in [0.4, 0.5) is 0 Å². The molecule has 0 spiro atoms. The van der Waals surface area contributed by atoms with Crippen molar-refractivity contribution in [1.82, 2.24) is 9.97 Å². The van der Waals surface area contributed by atoms with Gasteiger partial charge < -0.3 is 0 Å². The maximum Gasteiger partial charge on any atom is 0.155 e. The van der Waals surface area contributed by atoms with Crippen LogP contribution in [0, 0.1) is 0 Å². The molecule has 3 nitrogen and oxygen atoms in total. The summed E-state index contributed by atoms with van der Waals surface area (Å²) in [6, 6.07) is 9.96. The number of aldehydes is 1. The maximum absolute atomic E-state index is 10.9. The second-order valence-corrected chi connectivity index (χ2v) is 4.60. The molecule has 0 saturated carbocycles. The van der Waals surface area contributed by atoms with Gasteiger partial charge in [-0.2, -0.15) is 0 Å². The van der Waals surface area contributed by atoms with Gasteiger partial charge in [0.05, 0.1) is 5.56 Å². The monoisotopic (exact) mass is 264 g/mol. The molecule has 1 aromatic carbocycles. The zero-order valence-corrected chi connectivity index (χ0v) is 10.4. The van der Waals surface area contributed by atoms with E-state index in [1.165, 1.54) is 23.7 Å². The summed E-state index contributed by atoms with van der Waals surface area (Å²) in [7, 11) is 0. The topological polar surface area (TPSA) is 42.9 Å². The molecule has 0 aliphatic rings. The fourth-order valence-corrected chi connectivity index (χ4v) is 2.45. The van der Waals surface area contributed by atoms with Crippen molar-refractivity contribution < 1.29 is 4.79 Å². The van der Waals surface area contributed by atoms with E-state index in [1.807, 2.05) is 30.3 Å². The van der Waals surface area contributed by atoms with Gasteiger partial charge in [-0.1, -0.05) is 41.9 Å². The first kappa shape index (κ1) is 12.1. The van der Waals surface area contributed by atoms with Gasteiger partial charge in [0.25, 0.3) is 0 Å². The van der Waals surface area contributed by atoms with E-state index in [2.05, 4.69) is 9.97 Å². The molecule has 2 aromatic rings. The maximum atomic E-state index is 10.9. The number of carbonyl (C=O) groups excluding carboxylic acids is 1. The van der Waals surface area contributed by atoms with E-state index in [1.54, 1.807) is 0 Å². The van der Waals surface area contributed by atoms with Crippen molar-refractivity contribution in [1.29, 1.82) is 0 Å². The largest absolute Gasteiger partial charge is 0.298 e. The number of nitrogens with zero attached hydrogens (tertiary/aromatic N) is 2. The van der Waals surface area contributed by atoms with Gasteiger partial charge in [0, 0.05) is 5.75 Å². The molecule has 1 heterocycles. The van der Waals surface area contributed by atoms with Gasteiger partial charge in [0.1, 0.15) is 16.5 Å². The average molecular weight is 265 g/mol. The van der Waals surface area contributed by atoms with Crippen LogP contribution < -0.4 is 0 Å². The average Bonchev–Trinajstić information content (AvgIpc) is 2.37. The zero-order valence-electron chi connectivity index (χ0n) is 8.84. The van der Waals surface area contributed by atoms with Gasteiger partial charge in [0.2, 0.25) is 0 Å². The van der Waals surface area contributed by atoms with Crippen LogP contribution in [-0.2, 0) is 5.75 Å². The number of carbonyl (C=O) groups is 1. The summed E-state index contributed by atoms with van der Waals surface area (Å²) < 4.78 is 0. The van der Waals surface area contributed by atoms with Crippen LogP contribution in [0.15, 0.2) is 41.7 Å². The van der Waals surface area contributed by atoms with Crippen molar-refractivity contribution in [2.24, 2.45) is 0 Å². The fourth-order valence-electron chi connectivity index (χ4n) is 1.30. The highest BCUT2D eigenvalue weighted by molar-refractivity contribution is 7.98. The number of rotatable bonds is 4. The summed E-state index contributed by atoms with van der Waals surface area (Å²) in [6.45, 7) is 0. The number of benzene rings is 1. The second kappa shape index (κ2) is 5.80. The number of hydrogen-bond donors (Lipinski definition) is 0. The van der Waals surface area contributed by atoms with Crippen molar-refractivity contribution in [3.63, 3.8) is 0 Å². The molecular formula is C12H9ClN2OS. The molecule has 0 unspecified atom stereocenters. The molecule has 0 saturated heterocycles. The van der Waals surface area contributed by atoms with Crippen LogP contribution in [0.1, 0.15) is 15.9 Å². The summed E-state index contributed by atoms with van der Waals surface area (Å²) in [6.07, 6.45) is 2.05. The standard InChI is InChI=1S/C12H9ClN2OS/c13-11-10(6-16)12(15-8-14-11)17-7-9-4-2-1-3-5-9/h1-6,8H,7H2. The Labute approximate surface area is 108 Å². The second-order valence-electron chi connectivity index (χ2n) is 3.28. The van der Waals surface area contributed by atoms with Gasteiger partial charge in [-0.15, -0.1) is 11.8 Å². The van der Waals surface area contributed by atoms with E-state index in [9.17, 15) is 4.79 Å². The van der Waals surface area contributed by atoms with Gasteiger partial charge in [-0.05, 0) is 5.56 Å². The molecule has 0 bridgehead atoms. The van der Waals surface area contributed by atoms with Gasteiger partial charge >= 0.3 is 0 Å². The summed E-state index contributed by atoms with van der Waals surface area (Å²) in [5.74, 6) is 0.745. The smallest absolute Gasteiger partial charge is 0.155 e. The van der Waals surface area contributed by atoms with Crippen LogP contribution in [0.5, 0.6) is 0 Å². The highest BCUT2D eigenvalue weighted by atomic mass is 35.5. The first-order valence-corrected chi connectivity index (χ1v) is 6.30. The fraction of sp³-hybridized carbons (Fsp3) is 0.0833. The number of hydrogen-bond acceptors (Lipinski definition) is 4. The van der Waals surface area contributed by atoms with Gasteiger partial charge in [-0.3, -0.25) is 4.79 Å². The Kier molecular flexibility index (Phi) is 4.12. The Morgan fingerprint density at radius 2 is 2.00 bits per heavy atom. The van der Waals surface area contributed by atoms with Crippen molar-refractivity contribution in [2.45, 2.75) is 10.8 Å².